The van der Waals surface area contributed by atoms with Gasteiger partial charge in [0.15, 0.2) is 0 Å². The zero-order valence-corrected chi connectivity index (χ0v) is 12.1. The summed E-state index contributed by atoms with van der Waals surface area (Å²) < 4.78 is 0. The van der Waals surface area contributed by atoms with E-state index in [1.54, 1.807) is 0 Å². The molecular weight excluding hydrogens is 260 g/mol. The molecule has 1 amide bonds. The van der Waals surface area contributed by atoms with Crippen molar-refractivity contribution in [3.05, 3.63) is 59.7 Å². The molecule has 2 aromatic rings. The van der Waals surface area contributed by atoms with E-state index in [-0.39, 0.29) is 5.91 Å². The maximum atomic E-state index is 11.0. The molecular formula is C18H20N2O. The molecule has 0 bridgehead atoms. The molecule has 3 heteroatoms. The van der Waals surface area contributed by atoms with Crippen molar-refractivity contribution in [1.29, 1.82) is 0 Å². The standard InChI is InChI=1S/C18H20N2O/c19-18(21)10-5-13-20-16-8-3-1-6-14(16)11-12-15-7-2-4-9-17(15)20/h1-4,6-9H,5,10-13H2,(H2,19,21). The van der Waals surface area contributed by atoms with Gasteiger partial charge in [-0.15, -0.1) is 0 Å². The number of primary amides is 1. The smallest absolute Gasteiger partial charge is 0.217 e. The second-order valence-corrected chi connectivity index (χ2v) is 5.48. The molecule has 108 valence electrons. The van der Waals surface area contributed by atoms with Crippen molar-refractivity contribution in [3.8, 4) is 0 Å². The zero-order chi connectivity index (χ0) is 14.7. The molecule has 2 aromatic carbocycles. The number of rotatable bonds is 4. The van der Waals surface area contributed by atoms with E-state index in [1.165, 1.54) is 22.5 Å². The van der Waals surface area contributed by atoms with Crippen molar-refractivity contribution >= 4 is 17.3 Å². The molecule has 0 atom stereocenters. The fraction of sp³-hybridized carbons (Fsp3) is 0.278. The highest BCUT2D eigenvalue weighted by Gasteiger charge is 2.19. The summed E-state index contributed by atoms with van der Waals surface area (Å²) in [6.45, 7) is 0.816. The Balaban J connectivity index is 1.96. The number of amides is 1. The molecule has 0 saturated carbocycles. The molecule has 0 spiro atoms. The summed E-state index contributed by atoms with van der Waals surface area (Å²) in [6, 6.07) is 17.1. The van der Waals surface area contributed by atoms with Gasteiger partial charge < -0.3 is 10.6 Å². The Morgan fingerprint density at radius 1 is 0.952 bits per heavy atom. The van der Waals surface area contributed by atoms with Gasteiger partial charge in [0.2, 0.25) is 5.91 Å². The average Bonchev–Trinajstić information content (AvgIpc) is 2.65. The van der Waals surface area contributed by atoms with Gasteiger partial charge in [-0.1, -0.05) is 36.4 Å². The number of anilines is 2. The van der Waals surface area contributed by atoms with Crippen molar-refractivity contribution in [2.45, 2.75) is 25.7 Å². The van der Waals surface area contributed by atoms with Crippen LogP contribution >= 0.6 is 0 Å². The first-order chi connectivity index (χ1) is 10.3. The molecule has 0 aromatic heterocycles. The van der Waals surface area contributed by atoms with E-state index >= 15 is 0 Å². The van der Waals surface area contributed by atoms with Gasteiger partial charge in [0, 0.05) is 24.3 Å². The number of nitrogens with two attached hydrogens (primary N) is 1. The molecule has 0 unspecified atom stereocenters. The summed E-state index contributed by atoms with van der Waals surface area (Å²) >= 11 is 0. The van der Waals surface area contributed by atoms with Crippen LogP contribution in [0.4, 0.5) is 11.4 Å². The molecule has 0 aliphatic carbocycles. The molecule has 3 nitrogen and oxygen atoms in total. The first kappa shape index (κ1) is 13.7. The van der Waals surface area contributed by atoms with E-state index in [4.69, 9.17) is 5.73 Å². The van der Waals surface area contributed by atoms with E-state index < -0.39 is 0 Å². The summed E-state index contributed by atoms with van der Waals surface area (Å²) in [5.41, 5.74) is 10.5. The summed E-state index contributed by atoms with van der Waals surface area (Å²) in [6.07, 6.45) is 3.32. The molecule has 1 aliphatic rings. The topological polar surface area (TPSA) is 46.3 Å². The molecule has 0 fully saturated rings. The number of carbonyl (C=O) groups excluding carboxylic acids is 1. The van der Waals surface area contributed by atoms with E-state index in [2.05, 4.69) is 53.4 Å². The lowest BCUT2D eigenvalue weighted by Crippen LogP contribution is -2.21. The molecule has 2 N–H and O–H groups in total. The minimum Gasteiger partial charge on any atom is -0.370 e. The summed E-state index contributed by atoms with van der Waals surface area (Å²) in [7, 11) is 0. The van der Waals surface area contributed by atoms with E-state index in [9.17, 15) is 4.79 Å². The minimum atomic E-state index is -0.230. The average molecular weight is 280 g/mol. The Kier molecular flexibility index (Phi) is 3.91. The number of hydrogen-bond acceptors (Lipinski definition) is 2. The number of fused-ring (bicyclic) bond motifs is 2. The molecule has 3 rings (SSSR count). The van der Waals surface area contributed by atoms with Crippen LogP contribution in [0.3, 0.4) is 0 Å². The van der Waals surface area contributed by atoms with Gasteiger partial charge in [0.25, 0.3) is 0 Å². The largest absolute Gasteiger partial charge is 0.370 e. The van der Waals surface area contributed by atoms with Gasteiger partial charge in [-0.25, -0.2) is 0 Å². The van der Waals surface area contributed by atoms with Crippen LogP contribution in [-0.2, 0) is 17.6 Å². The zero-order valence-electron chi connectivity index (χ0n) is 12.1. The van der Waals surface area contributed by atoms with E-state index in [1.807, 2.05) is 0 Å². The van der Waals surface area contributed by atoms with Gasteiger partial charge in [0.1, 0.15) is 0 Å². The fourth-order valence-corrected chi connectivity index (χ4v) is 3.02. The lowest BCUT2D eigenvalue weighted by Gasteiger charge is -2.26. The van der Waals surface area contributed by atoms with Crippen molar-refractivity contribution in [1.82, 2.24) is 0 Å². The van der Waals surface area contributed by atoms with Crippen molar-refractivity contribution < 1.29 is 4.79 Å². The minimum absolute atomic E-state index is 0.230. The lowest BCUT2D eigenvalue weighted by atomic mass is 10.0. The van der Waals surface area contributed by atoms with Crippen LogP contribution in [0.1, 0.15) is 24.0 Å². The third-order valence-electron chi connectivity index (χ3n) is 4.03. The van der Waals surface area contributed by atoms with E-state index in [0.717, 1.165) is 25.8 Å². The lowest BCUT2D eigenvalue weighted by molar-refractivity contribution is -0.118. The number of aryl methyl sites for hydroxylation is 2. The normalized spacial score (nSPS) is 13.2. The maximum absolute atomic E-state index is 11.0. The van der Waals surface area contributed by atoms with Crippen molar-refractivity contribution in [2.24, 2.45) is 5.73 Å². The first-order valence-corrected chi connectivity index (χ1v) is 7.47. The van der Waals surface area contributed by atoms with Crippen LogP contribution < -0.4 is 10.6 Å². The highest BCUT2D eigenvalue weighted by molar-refractivity contribution is 5.74. The number of para-hydroxylation sites is 2. The summed E-state index contributed by atoms with van der Waals surface area (Å²) in [4.78, 5) is 13.3. The molecule has 0 saturated heterocycles. The number of benzene rings is 2. The maximum Gasteiger partial charge on any atom is 0.217 e. The van der Waals surface area contributed by atoms with Crippen LogP contribution in [0, 0.1) is 0 Å². The third kappa shape index (κ3) is 2.92. The predicted octanol–water partition coefficient (Wildman–Crippen LogP) is 3.19. The molecule has 1 aliphatic heterocycles. The fourth-order valence-electron chi connectivity index (χ4n) is 3.02. The van der Waals surface area contributed by atoms with Gasteiger partial charge in [0.05, 0.1) is 0 Å². The first-order valence-electron chi connectivity index (χ1n) is 7.47. The van der Waals surface area contributed by atoms with Crippen LogP contribution in [0.2, 0.25) is 0 Å². The monoisotopic (exact) mass is 280 g/mol. The van der Waals surface area contributed by atoms with E-state index in [0.29, 0.717) is 6.42 Å². The number of carbonyl (C=O) groups is 1. The Hall–Kier alpha value is -2.29. The Bertz CT molecular complexity index is 604. The van der Waals surface area contributed by atoms with Crippen LogP contribution in [0.25, 0.3) is 0 Å². The predicted molar refractivity (Wildman–Crippen MR) is 85.7 cm³/mol. The quantitative estimate of drug-likeness (QED) is 0.935. The van der Waals surface area contributed by atoms with Gasteiger partial charge in [-0.3, -0.25) is 4.79 Å². The Morgan fingerprint density at radius 3 is 2.00 bits per heavy atom. The van der Waals surface area contributed by atoms with Crippen molar-refractivity contribution in [2.75, 3.05) is 11.4 Å². The summed E-state index contributed by atoms with van der Waals surface area (Å²) in [5, 5.41) is 0. The highest BCUT2D eigenvalue weighted by Crippen LogP contribution is 2.35. The second-order valence-electron chi connectivity index (χ2n) is 5.48. The molecule has 1 heterocycles. The summed E-state index contributed by atoms with van der Waals surface area (Å²) in [5.74, 6) is -0.230. The van der Waals surface area contributed by atoms with Crippen LogP contribution in [-0.4, -0.2) is 12.5 Å². The molecule has 0 radical (unpaired) electrons. The third-order valence-corrected chi connectivity index (χ3v) is 4.03. The van der Waals surface area contributed by atoms with Gasteiger partial charge in [-0.2, -0.15) is 0 Å². The number of nitrogens with zero attached hydrogens (tertiary/aromatic N) is 1. The van der Waals surface area contributed by atoms with Gasteiger partial charge >= 0.3 is 0 Å². The Morgan fingerprint density at radius 2 is 1.48 bits per heavy atom. The van der Waals surface area contributed by atoms with Crippen molar-refractivity contribution in [3.63, 3.8) is 0 Å². The Labute approximate surface area is 125 Å². The number of hydrogen-bond donors (Lipinski definition) is 1. The van der Waals surface area contributed by atoms with Crippen LogP contribution in [0.15, 0.2) is 48.5 Å². The van der Waals surface area contributed by atoms with Gasteiger partial charge in [-0.05, 0) is 42.5 Å². The SMILES string of the molecule is NC(=O)CCCN1c2ccccc2CCc2ccccc21. The molecule has 21 heavy (non-hydrogen) atoms. The second kappa shape index (κ2) is 6.00. The van der Waals surface area contributed by atoms with Crippen LogP contribution in [0.5, 0.6) is 0 Å². The highest BCUT2D eigenvalue weighted by atomic mass is 16.1.